The maximum atomic E-state index is 13.0. The van der Waals surface area contributed by atoms with Crippen LogP contribution in [-0.4, -0.2) is 23.9 Å². The monoisotopic (exact) mass is 449 g/mol. The minimum atomic E-state index is -0.174. The van der Waals surface area contributed by atoms with Crippen LogP contribution in [0, 0.1) is 0 Å². The molecule has 0 bridgehead atoms. The largest absolute Gasteiger partial charge is 0.495 e. The summed E-state index contributed by atoms with van der Waals surface area (Å²) in [6.07, 6.45) is 1.81. The number of methoxy groups -OCH3 is 1. The van der Waals surface area contributed by atoms with Gasteiger partial charge in [0.1, 0.15) is 11.5 Å². The van der Waals surface area contributed by atoms with Gasteiger partial charge in [-0.2, -0.15) is 0 Å². The molecule has 1 amide bonds. The zero-order valence-electron chi connectivity index (χ0n) is 14.2. The Kier molecular flexibility index (Phi) is 6.01. The normalized spacial score (nSPS) is 15.7. The van der Waals surface area contributed by atoms with E-state index in [-0.39, 0.29) is 5.91 Å². The molecule has 7 heteroatoms. The van der Waals surface area contributed by atoms with Crippen molar-refractivity contribution in [3.05, 3.63) is 57.4 Å². The predicted molar refractivity (Wildman–Crippen MR) is 114 cm³/mol. The van der Waals surface area contributed by atoms with Crippen LogP contribution in [0.4, 0.5) is 5.69 Å². The van der Waals surface area contributed by atoms with Crippen molar-refractivity contribution in [1.82, 2.24) is 0 Å². The smallest absolute Gasteiger partial charge is 0.270 e. The summed E-state index contributed by atoms with van der Waals surface area (Å²) in [5.74, 6) is 1.15. The molecule has 4 nitrogen and oxygen atoms in total. The van der Waals surface area contributed by atoms with Crippen molar-refractivity contribution in [3.63, 3.8) is 0 Å². The van der Waals surface area contributed by atoms with E-state index in [0.717, 1.165) is 15.8 Å². The van der Waals surface area contributed by atoms with E-state index in [4.69, 9.17) is 21.7 Å². The number of nitrogens with zero attached hydrogens (tertiary/aromatic N) is 1. The molecule has 0 radical (unpaired) electrons. The Morgan fingerprint density at radius 2 is 2.00 bits per heavy atom. The molecule has 0 aromatic heterocycles. The van der Waals surface area contributed by atoms with E-state index in [9.17, 15) is 4.79 Å². The molecule has 0 atom stereocenters. The molecular formula is C19H16BrNO3S2. The van der Waals surface area contributed by atoms with Gasteiger partial charge in [0.2, 0.25) is 0 Å². The molecule has 1 aliphatic heterocycles. The highest BCUT2D eigenvalue weighted by Crippen LogP contribution is 2.40. The standard InChI is InChI=1S/C19H16BrNO3S2/c1-3-24-15-9-8-13(20)10-12(15)11-17-18(22)21(19(25)26-17)14-6-4-5-7-16(14)23-2/h4-11H,3H2,1-2H3/b17-11+. The minimum Gasteiger partial charge on any atom is -0.495 e. The zero-order chi connectivity index (χ0) is 18.7. The van der Waals surface area contributed by atoms with Crippen molar-refractivity contribution < 1.29 is 14.3 Å². The van der Waals surface area contributed by atoms with Gasteiger partial charge in [0.05, 0.1) is 24.3 Å². The van der Waals surface area contributed by atoms with Crippen LogP contribution in [0.2, 0.25) is 0 Å². The number of hydrogen-bond donors (Lipinski definition) is 0. The van der Waals surface area contributed by atoms with Crippen LogP contribution in [0.1, 0.15) is 12.5 Å². The molecule has 1 heterocycles. The third kappa shape index (κ3) is 3.79. The molecule has 1 fully saturated rings. The lowest BCUT2D eigenvalue weighted by atomic mass is 10.2. The van der Waals surface area contributed by atoms with Gasteiger partial charge in [-0.25, -0.2) is 0 Å². The number of rotatable bonds is 5. The number of anilines is 1. The molecule has 2 aromatic rings. The Morgan fingerprint density at radius 3 is 2.73 bits per heavy atom. The van der Waals surface area contributed by atoms with Crippen LogP contribution in [0.25, 0.3) is 6.08 Å². The Bertz CT molecular complexity index is 898. The highest BCUT2D eigenvalue weighted by molar-refractivity contribution is 9.10. The molecule has 0 unspecified atom stereocenters. The molecule has 1 aliphatic rings. The minimum absolute atomic E-state index is 0.174. The van der Waals surface area contributed by atoms with Gasteiger partial charge in [0, 0.05) is 10.0 Å². The second-order valence-corrected chi connectivity index (χ2v) is 7.90. The molecule has 0 spiro atoms. The zero-order valence-corrected chi connectivity index (χ0v) is 17.4. The number of amides is 1. The Balaban J connectivity index is 1.99. The van der Waals surface area contributed by atoms with Crippen LogP contribution in [0.5, 0.6) is 11.5 Å². The number of thioether (sulfide) groups is 1. The lowest BCUT2D eigenvalue weighted by molar-refractivity contribution is -0.113. The van der Waals surface area contributed by atoms with E-state index >= 15 is 0 Å². The third-order valence-corrected chi connectivity index (χ3v) is 5.47. The number of halogens is 1. The molecule has 134 valence electrons. The van der Waals surface area contributed by atoms with Crippen molar-refractivity contribution in [2.75, 3.05) is 18.6 Å². The average molecular weight is 450 g/mol. The molecule has 0 N–H and O–H groups in total. The van der Waals surface area contributed by atoms with Gasteiger partial charge < -0.3 is 9.47 Å². The fourth-order valence-corrected chi connectivity index (χ4v) is 4.20. The number of carbonyl (C=O) groups excluding carboxylic acids is 1. The predicted octanol–water partition coefficient (Wildman–Crippen LogP) is 5.26. The second kappa shape index (κ2) is 8.24. The molecule has 0 aliphatic carbocycles. The van der Waals surface area contributed by atoms with Crippen molar-refractivity contribution in [3.8, 4) is 11.5 Å². The number of para-hydroxylation sites is 2. The molecule has 3 rings (SSSR count). The number of ether oxygens (including phenoxy) is 2. The first-order valence-corrected chi connectivity index (χ1v) is 9.90. The van der Waals surface area contributed by atoms with Crippen LogP contribution in [0.15, 0.2) is 51.8 Å². The van der Waals surface area contributed by atoms with E-state index in [2.05, 4.69) is 15.9 Å². The van der Waals surface area contributed by atoms with Crippen LogP contribution in [-0.2, 0) is 4.79 Å². The van der Waals surface area contributed by atoms with Gasteiger partial charge in [-0.1, -0.05) is 52.0 Å². The van der Waals surface area contributed by atoms with Crippen molar-refractivity contribution in [1.29, 1.82) is 0 Å². The highest BCUT2D eigenvalue weighted by atomic mass is 79.9. The van der Waals surface area contributed by atoms with Gasteiger partial charge in [-0.05, 0) is 43.3 Å². The summed E-state index contributed by atoms with van der Waals surface area (Å²) >= 11 is 10.2. The van der Waals surface area contributed by atoms with Crippen molar-refractivity contribution in [2.24, 2.45) is 0 Å². The topological polar surface area (TPSA) is 38.8 Å². The van der Waals surface area contributed by atoms with Gasteiger partial charge in [0.15, 0.2) is 4.32 Å². The third-order valence-electron chi connectivity index (χ3n) is 3.68. The summed E-state index contributed by atoms with van der Waals surface area (Å²) in [6.45, 7) is 2.47. The van der Waals surface area contributed by atoms with Gasteiger partial charge in [-0.3, -0.25) is 9.69 Å². The fraction of sp³-hybridized carbons (Fsp3) is 0.158. The lowest BCUT2D eigenvalue weighted by Gasteiger charge is -2.17. The summed E-state index contributed by atoms with van der Waals surface area (Å²) < 4.78 is 12.4. The van der Waals surface area contributed by atoms with Gasteiger partial charge >= 0.3 is 0 Å². The van der Waals surface area contributed by atoms with Crippen LogP contribution < -0.4 is 14.4 Å². The molecule has 1 saturated heterocycles. The maximum absolute atomic E-state index is 13.0. The first kappa shape index (κ1) is 18.9. The summed E-state index contributed by atoms with van der Waals surface area (Å²) in [6, 6.07) is 13.0. The van der Waals surface area contributed by atoms with Gasteiger partial charge in [-0.15, -0.1) is 0 Å². The SMILES string of the molecule is CCOc1ccc(Br)cc1/C=C1/SC(=S)N(c2ccccc2OC)C1=O. The molecule has 2 aromatic carbocycles. The van der Waals surface area contributed by atoms with E-state index in [1.807, 2.05) is 49.4 Å². The van der Waals surface area contributed by atoms with Crippen LogP contribution >= 0.6 is 39.9 Å². The van der Waals surface area contributed by atoms with E-state index in [1.165, 1.54) is 16.7 Å². The maximum Gasteiger partial charge on any atom is 0.270 e. The fourth-order valence-electron chi connectivity index (χ4n) is 2.55. The van der Waals surface area contributed by atoms with E-state index in [1.54, 1.807) is 13.2 Å². The number of benzene rings is 2. The van der Waals surface area contributed by atoms with Crippen molar-refractivity contribution >= 4 is 61.9 Å². The summed E-state index contributed by atoms with van der Waals surface area (Å²) in [7, 11) is 1.57. The summed E-state index contributed by atoms with van der Waals surface area (Å²) in [4.78, 5) is 15.0. The first-order valence-electron chi connectivity index (χ1n) is 7.88. The first-order chi connectivity index (χ1) is 12.5. The average Bonchev–Trinajstić information content (AvgIpc) is 2.91. The Labute approximate surface area is 170 Å². The second-order valence-electron chi connectivity index (χ2n) is 5.30. The van der Waals surface area contributed by atoms with E-state index in [0.29, 0.717) is 27.3 Å². The van der Waals surface area contributed by atoms with Crippen LogP contribution in [0.3, 0.4) is 0 Å². The van der Waals surface area contributed by atoms with Gasteiger partial charge in [0.25, 0.3) is 5.91 Å². The van der Waals surface area contributed by atoms with Crippen molar-refractivity contribution in [2.45, 2.75) is 6.92 Å². The molecular weight excluding hydrogens is 434 g/mol. The summed E-state index contributed by atoms with van der Waals surface area (Å²) in [5, 5.41) is 0. The number of hydrogen-bond acceptors (Lipinski definition) is 5. The molecule has 0 saturated carbocycles. The number of carbonyl (C=O) groups is 1. The molecule has 26 heavy (non-hydrogen) atoms. The lowest BCUT2D eigenvalue weighted by Crippen LogP contribution is -2.27. The Morgan fingerprint density at radius 1 is 1.23 bits per heavy atom. The highest BCUT2D eigenvalue weighted by Gasteiger charge is 2.35. The number of thiocarbonyl (C=S) groups is 1. The quantitative estimate of drug-likeness (QED) is 0.459. The summed E-state index contributed by atoms with van der Waals surface area (Å²) in [5.41, 5.74) is 1.46. The van der Waals surface area contributed by atoms with E-state index < -0.39 is 0 Å². The Hall–Kier alpha value is -1.83.